The summed E-state index contributed by atoms with van der Waals surface area (Å²) in [6.45, 7) is 4.73. The smallest absolute Gasteiger partial charge is 0.226 e. The molecule has 1 aliphatic rings. The van der Waals surface area contributed by atoms with Gasteiger partial charge in [0.15, 0.2) is 5.78 Å². The fourth-order valence-corrected chi connectivity index (χ4v) is 4.04. The van der Waals surface area contributed by atoms with E-state index >= 15 is 0 Å². The van der Waals surface area contributed by atoms with Crippen molar-refractivity contribution in [3.8, 4) is 11.1 Å². The zero-order chi connectivity index (χ0) is 21.1. The van der Waals surface area contributed by atoms with Gasteiger partial charge in [-0.25, -0.2) is 0 Å². The van der Waals surface area contributed by atoms with E-state index < -0.39 is 0 Å². The van der Waals surface area contributed by atoms with Crippen LogP contribution < -0.4 is 4.90 Å². The van der Waals surface area contributed by atoms with Crippen molar-refractivity contribution >= 4 is 17.4 Å². The van der Waals surface area contributed by atoms with Crippen LogP contribution in [0.4, 0.5) is 5.69 Å². The Morgan fingerprint density at radius 3 is 2.30 bits per heavy atom. The number of carbonyl (C=O) groups excluding carboxylic acids is 2. The summed E-state index contributed by atoms with van der Waals surface area (Å²) >= 11 is 0. The van der Waals surface area contributed by atoms with Gasteiger partial charge in [0.25, 0.3) is 0 Å². The van der Waals surface area contributed by atoms with Gasteiger partial charge in [-0.3, -0.25) is 9.59 Å². The second kappa shape index (κ2) is 8.66. The third-order valence-electron chi connectivity index (χ3n) is 5.88. The molecule has 30 heavy (non-hydrogen) atoms. The Balaban J connectivity index is 1.44. The maximum atomic E-state index is 12.6. The summed E-state index contributed by atoms with van der Waals surface area (Å²) in [4.78, 5) is 26.5. The molecule has 0 atom stereocenters. The maximum absolute atomic E-state index is 12.6. The van der Waals surface area contributed by atoms with Crippen molar-refractivity contribution in [3.63, 3.8) is 0 Å². The zero-order valence-corrected chi connectivity index (χ0v) is 17.7. The molecule has 0 spiro atoms. The number of nitrogens with zero attached hydrogens (tertiary/aromatic N) is 1. The molecule has 0 radical (unpaired) electrons. The number of ketones is 1. The lowest BCUT2D eigenvalue weighted by Crippen LogP contribution is -2.27. The molecule has 4 rings (SSSR count). The first-order valence-corrected chi connectivity index (χ1v) is 10.7. The van der Waals surface area contributed by atoms with Gasteiger partial charge in [0.05, 0.1) is 0 Å². The molecule has 0 aliphatic carbocycles. The fourth-order valence-electron chi connectivity index (χ4n) is 4.04. The van der Waals surface area contributed by atoms with Gasteiger partial charge in [0, 0.05) is 30.6 Å². The van der Waals surface area contributed by atoms with Gasteiger partial charge in [-0.1, -0.05) is 67.1 Å². The molecule has 3 aromatic rings. The molecule has 0 saturated carbocycles. The highest BCUT2D eigenvalue weighted by Crippen LogP contribution is 2.33. The Morgan fingerprint density at radius 2 is 1.60 bits per heavy atom. The predicted molar refractivity (Wildman–Crippen MR) is 122 cm³/mol. The highest BCUT2D eigenvalue weighted by Gasteiger charge is 2.23. The lowest BCUT2D eigenvalue weighted by Gasteiger charge is -2.16. The minimum Gasteiger partial charge on any atom is -0.312 e. The van der Waals surface area contributed by atoms with Crippen molar-refractivity contribution in [3.05, 3.63) is 89.0 Å². The van der Waals surface area contributed by atoms with E-state index in [2.05, 4.69) is 43.3 Å². The fraction of sp³-hybridized carbons (Fsp3) is 0.259. The molecule has 152 valence electrons. The van der Waals surface area contributed by atoms with E-state index in [1.54, 1.807) is 0 Å². The van der Waals surface area contributed by atoms with Crippen LogP contribution in [0.1, 0.15) is 46.8 Å². The van der Waals surface area contributed by atoms with Crippen LogP contribution >= 0.6 is 0 Å². The molecule has 0 bridgehead atoms. The monoisotopic (exact) mass is 397 g/mol. The molecule has 3 heteroatoms. The molecule has 0 saturated heterocycles. The highest BCUT2D eigenvalue weighted by molar-refractivity contribution is 5.97. The number of hydrogen-bond donors (Lipinski definition) is 0. The van der Waals surface area contributed by atoms with E-state index in [0.717, 1.165) is 41.8 Å². The number of carbonyl (C=O) groups is 2. The van der Waals surface area contributed by atoms with Gasteiger partial charge in [-0.05, 0) is 54.2 Å². The molecular formula is C27H27NO2. The lowest BCUT2D eigenvalue weighted by molar-refractivity contribution is -0.118. The molecule has 1 heterocycles. The predicted octanol–water partition coefficient (Wildman–Crippen LogP) is 5.78. The van der Waals surface area contributed by atoms with Gasteiger partial charge >= 0.3 is 0 Å². The number of anilines is 1. The standard InChI is InChI=1S/C27H27NO2/c1-3-27(30)28-17-16-24-18-23(13-14-25(24)28)21-9-11-22(12-10-21)26(29)15-8-20-6-4-19(2)5-7-20/h4-7,9-14,18H,3,8,15-17H2,1-2H3. The van der Waals surface area contributed by atoms with Crippen molar-refractivity contribution < 1.29 is 9.59 Å². The summed E-state index contributed by atoms with van der Waals surface area (Å²) in [7, 11) is 0. The van der Waals surface area contributed by atoms with Crippen LogP contribution in [0.3, 0.4) is 0 Å². The Kier molecular flexibility index (Phi) is 5.80. The molecular weight excluding hydrogens is 370 g/mol. The Labute approximate surface area is 178 Å². The van der Waals surface area contributed by atoms with Gasteiger partial charge in [0.1, 0.15) is 0 Å². The lowest BCUT2D eigenvalue weighted by atomic mass is 9.98. The van der Waals surface area contributed by atoms with E-state index in [-0.39, 0.29) is 11.7 Å². The minimum absolute atomic E-state index is 0.171. The molecule has 3 aromatic carbocycles. The van der Waals surface area contributed by atoms with Crippen molar-refractivity contribution in [2.24, 2.45) is 0 Å². The first-order chi connectivity index (χ1) is 14.5. The first-order valence-electron chi connectivity index (χ1n) is 10.7. The van der Waals surface area contributed by atoms with Crippen LogP contribution in [-0.4, -0.2) is 18.2 Å². The van der Waals surface area contributed by atoms with Gasteiger partial charge < -0.3 is 4.90 Å². The number of rotatable bonds is 6. The highest BCUT2D eigenvalue weighted by atomic mass is 16.2. The third-order valence-corrected chi connectivity index (χ3v) is 5.88. The SMILES string of the molecule is CCC(=O)N1CCc2cc(-c3ccc(C(=O)CCc4ccc(C)cc4)cc3)ccc21. The second-order valence-corrected chi connectivity index (χ2v) is 7.98. The van der Waals surface area contributed by atoms with Crippen LogP contribution in [0.2, 0.25) is 0 Å². The summed E-state index contributed by atoms with van der Waals surface area (Å²) in [6.07, 6.45) is 2.70. The first kappa shape index (κ1) is 20.1. The normalized spacial score (nSPS) is 12.7. The molecule has 0 unspecified atom stereocenters. The van der Waals surface area contributed by atoms with E-state index in [4.69, 9.17) is 0 Å². The zero-order valence-electron chi connectivity index (χ0n) is 17.7. The van der Waals surface area contributed by atoms with Crippen molar-refractivity contribution in [1.82, 2.24) is 0 Å². The minimum atomic E-state index is 0.171. The largest absolute Gasteiger partial charge is 0.312 e. The topological polar surface area (TPSA) is 37.4 Å². The summed E-state index contributed by atoms with van der Waals surface area (Å²) in [5.74, 6) is 0.347. The maximum Gasteiger partial charge on any atom is 0.226 e. The quantitative estimate of drug-likeness (QED) is 0.495. The molecule has 1 aliphatic heterocycles. The average molecular weight is 398 g/mol. The summed E-state index contributed by atoms with van der Waals surface area (Å²) < 4.78 is 0. The molecule has 0 N–H and O–H groups in total. The number of fused-ring (bicyclic) bond motifs is 1. The third kappa shape index (κ3) is 4.20. The van der Waals surface area contributed by atoms with Gasteiger partial charge in [-0.15, -0.1) is 0 Å². The average Bonchev–Trinajstić information content (AvgIpc) is 3.21. The number of amides is 1. The number of aryl methyl sites for hydroxylation is 2. The van der Waals surface area contributed by atoms with E-state index in [9.17, 15) is 9.59 Å². The summed E-state index contributed by atoms with van der Waals surface area (Å²) in [5, 5.41) is 0. The summed E-state index contributed by atoms with van der Waals surface area (Å²) in [5.41, 5.74) is 7.65. The van der Waals surface area contributed by atoms with Gasteiger partial charge in [0.2, 0.25) is 5.91 Å². The number of hydrogen-bond acceptors (Lipinski definition) is 2. The van der Waals surface area contributed by atoms with Crippen molar-refractivity contribution in [2.75, 3.05) is 11.4 Å². The Morgan fingerprint density at radius 1 is 0.900 bits per heavy atom. The van der Waals surface area contributed by atoms with Crippen molar-refractivity contribution in [2.45, 2.75) is 39.5 Å². The Bertz CT molecular complexity index is 1070. The van der Waals surface area contributed by atoms with Crippen LogP contribution in [0.25, 0.3) is 11.1 Å². The molecule has 0 aromatic heterocycles. The van der Waals surface area contributed by atoms with Crippen LogP contribution in [0.5, 0.6) is 0 Å². The van der Waals surface area contributed by atoms with Gasteiger partial charge in [-0.2, -0.15) is 0 Å². The van der Waals surface area contributed by atoms with E-state index in [1.165, 1.54) is 16.7 Å². The number of benzene rings is 3. The summed E-state index contributed by atoms with van der Waals surface area (Å²) in [6, 6.07) is 22.5. The van der Waals surface area contributed by atoms with Crippen LogP contribution in [-0.2, 0) is 17.6 Å². The molecule has 1 amide bonds. The van der Waals surface area contributed by atoms with Crippen LogP contribution in [0.15, 0.2) is 66.7 Å². The number of Topliss-reactive ketones (excluding diaryl/α,β-unsaturated/α-hetero) is 1. The van der Waals surface area contributed by atoms with E-state index in [0.29, 0.717) is 12.8 Å². The van der Waals surface area contributed by atoms with Crippen molar-refractivity contribution in [1.29, 1.82) is 0 Å². The van der Waals surface area contributed by atoms with Crippen LogP contribution in [0, 0.1) is 6.92 Å². The van der Waals surface area contributed by atoms with E-state index in [1.807, 2.05) is 42.2 Å². The molecule has 3 nitrogen and oxygen atoms in total. The second-order valence-electron chi connectivity index (χ2n) is 7.98. The Hall–Kier alpha value is -3.20. The molecule has 0 fully saturated rings.